The van der Waals surface area contributed by atoms with Gasteiger partial charge in [0.25, 0.3) is 0 Å². The first-order valence-corrected chi connectivity index (χ1v) is 10.4. The lowest BCUT2D eigenvalue weighted by molar-refractivity contribution is -0.0923. The van der Waals surface area contributed by atoms with Crippen molar-refractivity contribution in [3.05, 3.63) is 36.7 Å². The summed E-state index contributed by atoms with van der Waals surface area (Å²) < 4.78 is 22.1. The van der Waals surface area contributed by atoms with E-state index in [1.54, 1.807) is 15.9 Å². The Balaban J connectivity index is 1.45. The van der Waals surface area contributed by atoms with Crippen molar-refractivity contribution in [3.63, 3.8) is 0 Å². The minimum absolute atomic E-state index is 0.240. The lowest BCUT2D eigenvalue weighted by Crippen LogP contribution is -2.31. The number of halogens is 1. The Kier molecular flexibility index (Phi) is 5.80. The first-order chi connectivity index (χ1) is 13.2. The van der Waals surface area contributed by atoms with Gasteiger partial charge in [0.2, 0.25) is 6.41 Å². The highest BCUT2D eigenvalue weighted by Crippen LogP contribution is 2.30. The molecule has 2 atom stereocenters. The predicted molar refractivity (Wildman–Crippen MR) is 103 cm³/mol. The lowest BCUT2D eigenvalue weighted by atomic mass is 10.2. The molecule has 1 unspecified atom stereocenters. The second-order valence-corrected chi connectivity index (χ2v) is 8.02. The molecule has 0 saturated carbocycles. The summed E-state index contributed by atoms with van der Waals surface area (Å²) in [6.45, 7) is 2.69. The molecule has 9 heteroatoms. The average molecular weight is 393 g/mol. The van der Waals surface area contributed by atoms with Crippen molar-refractivity contribution in [1.82, 2.24) is 14.8 Å². The summed E-state index contributed by atoms with van der Waals surface area (Å²) in [5.41, 5.74) is 1.26. The van der Waals surface area contributed by atoms with E-state index in [1.807, 2.05) is 23.9 Å². The van der Waals surface area contributed by atoms with E-state index in [-0.39, 0.29) is 11.9 Å². The number of thioether (sulfide) groups is 1. The monoisotopic (exact) mass is 393 g/mol. The van der Waals surface area contributed by atoms with E-state index >= 15 is 0 Å². The standard InChI is InChI=1S/C18H24FN5O2S/c19-16-9-14(3-4-17(16)22-5-1-7-27-8-2-6-22)24-11-15(26-18(24)25)10-23-13-20-12-21-23/h3-4,9,12-13,15,18,25H,1-2,5-8,10-11H2/t15-,18?/m0/s1. The summed E-state index contributed by atoms with van der Waals surface area (Å²) >= 11 is 1.97. The summed E-state index contributed by atoms with van der Waals surface area (Å²) in [6.07, 6.45) is 3.86. The highest BCUT2D eigenvalue weighted by atomic mass is 32.2. The van der Waals surface area contributed by atoms with Crippen LogP contribution >= 0.6 is 11.8 Å². The molecular weight excluding hydrogens is 369 g/mol. The molecule has 2 aromatic rings. The fraction of sp³-hybridized carbons (Fsp3) is 0.556. The maximum absolute atomic E-state index is 14.8. The summed E-state index contributed by atoms with van der Waals surface area (Å²) in [5.74, 6) is 1.99. The zero-order valence-electron chi connectivity index (χ0n) is 15.1. The number of hydrogen-bond acceptors (Lipinski definition) is 7. The van der Waals surface area contributed by atoms with Gasteiger partial charge in [0, 0.05) is 18.8 Å². The number of aliphatic hydroxyl groups is 1. The second kappa shape index (κ2) is 8.45. The molecule has 2 saturated heterocycles. The van der Waals surface area contributed by atoms with Crippen molar-refractivity contribution in [2.75, 3.05) is 40.9 Å². The topological polar surface area (TPSA) is 66.7 Å². The van der Waals surface area contributed by atoms with Gasteiger partial charge in [-0.2, -0.15) is 16.9 Å². The van der Waals surface area contributed by atoms with E-state index < -0.39 is 6.41 Å². The summed E-state index contributed by atoms with van der Waals surface area (Å²) in [7, 11) is 0. The Hall–Kier alpha value is -1.84. The number of ether oxygens (including phenoxy) is 1. The van der Waals surface area contributed by atoms with E-state index in [0.29, 0.717) is 24.5 Å². The molecule has 1 aromatic carbocycles. The van der Waals surface area contributed by atoms with Crippen LogP contribution in [0.25, 0.3) is 0 Å². The smallest absolute Gasteiger partial charge is 0.238 e. The van der Waals surface area contributed by atoms with Crippen molar-refractivity contribution in [3.8, 4) is 0 Å². The van der Waals surface area contributed by atoms with Crippen LogP contribution in [0.4, 0.5) is 15.8 Å². The Bertz CT molecular complexity index is 739. The van der Waals surface area contributed by atoms with E-state index in [1.165, 1.54) is 12.4 Å². The van der Waals surface area contributed by atoms with E-state index in [2.05, 4.69) is 15.0 Å². The fourth-order valence-electron chi connectivity index (χ4n) is 3.57. The van der Waals surface area contributed by atoms with Crippen LogP contribution in [0.1, 0.15) is 12.8 Å². The maximum atomic E-state index is 14.8. The highest BCUT2D eigenvalue weighted by molar-refractivity contribution is 7.99. The van der Waals surface area contributed by atoms with Gasteiger partial charge in [-0.1, -0.05) is 0 Å². The number of hydrogen-bond donors (Lipinski definition) is 1. The molecule has 3 heterocycles. The van der Waals surface area contributed by atoms with E-state index in [4.69, 9.17) is 4.74 Å². The molecule has 0 amide bonds. The maximum Gasteiger partial charge on any atom is 0.238 e. The molecule has 2 fully saturated rings. The molecule has 2 aliphatic heterocycles. The van der Waals surface area contributed by atoms with Gasteiger partial charge in [-0.3, -0.25) is 4.68 Å². The molecule has 1 aromatic heterocycles. The number of nitrogens with zero attached hydrogens (tertiary/aromatic N) is 5. The number of benzene rings is 1. The van der Waals surface area contributed by atoms with Crippen LogP contribution in [0.5, 0.6) is 0 Å². The van der Waals surface area contributed by atoms with Crippen LogP contribution in [0, 0.1) is 5.82 Å². The zero-order chi connectivity index (χ0) is 18.6. The molecule has 7 nitrogen and oxygen atoms in total. The van der Waals surface area contributed by atoms with Gasteiger partial charge in [0.05, 0.1) is 24.9 Å². The molecule has 0 radical (unpaired) electrons. The largest absolute Gasteiger partial charge is 0.369 e. The second-order valence-electron chi connectivity index (χ2n) is 6.80. The van der Waals surface area contributed by atoms with Crippen molar-refractivity contribution < 1.29 is 14.2 Å². The summed E-state index contributed by atoms with van der Waals surface area (Å²) in [5, 5.41) is 14.3. The molecule has 27 heavy (non-hydrogen) atoms. The third-order valence-corrected chi connectivity index (χ3v) is 6.03. The summed E-state index contributed by atoms with van der Waals surface area (Å²) in [6, 6.07) is 5.17. The van der Waals surface area contributed by atoms with Crippen molar-refractivity contribution in [1.29, 1.82) is 0 Å². The number of anilines is 2. The van der Waals surface area contributed by atoms with E-state index in [0.717, 1.165) is 37.4 Å². The molecule has 4 rings (SSSR count). The van der Waals surface area contributed by atoms with E-state index in [9.17, 15) is 9.50 Å². The molecule has 2 aliphatic rings. The quantitative estimate of drug-likeness (QED) is 0.851. The first-order valence-electron chi connectivity index (χ1n) is 9.25. The van der Waals surface area contributed by atoms with Gasteiger partial charge in [0.15, 0.2) is 0 Å². The molecular formula is C18H24FN5O2S. The SMILES string of the molecule is OC1O[C@@H](Cn2cncn2)CN1c1ccc(N2CCCSCCC2)c(F)c1. The Morgan fingerprint density at radius 3 is 2.78 bits per heavy atom. The van der Waals surface area contributed by atoms with Crippen LogP contribution < -0.4 is 9.80 Å². The van der Waals surface area contributed by atoms with Gasteiger partial charge in [-0.15, -0.1) is 0 Å². The predicted octanol–water partition coefficient (Wildman–Crippen LogP) is 1.93. The molecule has 0 bridgehead atoms. The third-order valence-electron chi connectivity index (χ3n) is 4.88. The number of aliphatic hydroxyl groups excluding tert-OH is 1. The van der Waals surface area contributed by atoms with Crippen LogP contribution in [0.15, 0.2) is 30.9 Å². The highest BCUT2D eigenvalue weighted by Gasteiger charge is 2.32. The number of rotatable bonds is 4. The van der Waals surface area contributed by atoms with Gasteiger partial charge < -0.3 is 19.6 Å². The average Bonchev–Trinajstić information content (AvgIpc) is 3.25. The van der Waals surface area contributed by atoms with Crippen LogP contribution in [-0.4, -0.2) is 63.5 Å². The van der Waals surface area contributed by atoms with Crippen molar-refractivity contribution >= 4 is 23.1 Å². The van der Waals surface area contributed by atoms with Crippen molar-refractivity contribution in [2.24, 2.45) is 0 Å². The Morgan fingerprint density at radius 1 is 1.26 bits per heavy atom. The van der Waals surface area contributed by atoms with Crippen LogP contribution in [0.2, 0.25) is 0 Å². The van der Waals surface area contributed by atoms with Crippen molar-refractivity contribution in [2.45, 2.75) is 31.9 Å². The number of aromatic nitrogens is 3. The van der Waals surface area contributed by atoms with Gasteiger partial charge in [0.1, 0.15) is 18.5 Å². The van der Waals surface area contributed by atoms with Crippen LogP contribution in [0.3, 0.4) is 0 Å². The minimum atomic E-state index is -1.09. The minimum Gasteiger partial charge on any atom is -0.369 e. The Labute approximate surface area is 162 Å². The Morgan fingerprint density at radius 2 is 2.07 bits per heavy atom. The summed E-state index contributed by atoms with van der Waals surface area (Å²) in [4.78, 5) is 7.70. The van der Waals surface area contributed by atoms with Gasteiger partial charge in [-0.05, 0) is 42.5 Å². The van der Waals surface area contributed by atoms with Crippen LogP contribution in [-0.2, 0) is 11.3 Å². The fourth-order valence-corrected chi connectivity index (χ4v) is 4.44. The van der Waals surface area contributed by atoms with Gasteiger partial charge in [-0.25, -0.2) is 9.37 Å². The molecule has 1 N–H and O–H groups in total. The zero-order valence-corrected chi connectivity index (χ0v) is 15.9. The molecule has 0 aliphatic carbocycles. The molecule has 0 spiro atoms. The lowest BCUT2D eigenvalue weighted by Gasteiger charge is -2.28. The normalized spacial score (nSPS) is 24.1. The van der Waals surface area contributed by atoms with Gasteiger partial charge >= 0.3 is 0 Å². The third kappa shape index (κ3) is 4.36. The first kappa shape index (κ1) is 18.5. The molecule has 146 valence electrons.